The Morgan fingerprint density at radius 3 is 2.78 bits per heavy atom. The summed E-state index contributed by atoms with van der Waals surface area (Å²) in [4.78, 5) is 3.32. The summed E-state index contributed by atoms with van der Waals surface area (Å²) in [6, 6.07) is 11.3. The first kappa shape index (κ1) is 16.6. The summed E-state index contributed by atoms with van der Waals surface area (Å²) >= 11 is 1.65. The molecule has 5 heteroatoms. The molecule has 1 fully saturated rings. The molecular weight excluding hydrogens is 313 g/mol. The van der Waals surface area contributed by atoms with Gasteiger partial charge >= 0.3 is 0 Å². The van der Waals surface area contributed by atoms with Crippen molar-refractivity contribution in [3.63, 3.8) is 0 Å². The van der Waals surface area contributed by atoms with Gasteiger partial charge in [0.2, 0.25) is 0 Å². The van der Waals surface area contributed by atoms with E-state index in [0.29, 0.717) is 37.9 Å². The van der Waals surface area contributed by atoms with E-state index in [4.69, 9.17) is 4.74 Å². The second-order valence-corrected chi connectivity index (χ2v) is 7.03. The van der Waals surface area contributed by atoms with Gasteiger partial charge in [-0.25, -0.2) is 4.39 Å². The minimum atomic E-state index is -0.553. The number of nitrogens with zero attached hydrogens (tertiary/aromatic N) is 1. The highest BCUT2D eigenvalue weighted by Gasteiger charge is 2.30. The lowest BCUT2D eigenvalue weighted by atomic mass is 10.2. The van der Waals surface area contributed by atoms with E-state index in [9.17, 15) is 9.50 Å². The number of hydrogen-bond donors (Lipinski definition) is 1. The van der Waals surface area contributed by atoms with E-state index in [1.54, 1.807) is 17.4 Å². The van der Waals surface area contributed by atoms with Gasteiger partial charge in [-0.05, 0) is 30.4 Å². The second-order valence-electron chi connectivity index (χ2n) is 6.00. The van der Waals surface area contributed by atoms with Crippen molar-refractivity contribution < 1.29 is 14.2 Å². The van der Waals surface area contributed by atoms with E-state index in [1.807, 2.05) is 29.6 Å². The van der Waals surface area contributed by atoms with Crippen LogP contribution in [0, 0.1) is 5.82 Å². The molecule has 3 rings (SSSR count). The molecule has 0 bridgehead atoms. The van der Waals surface area contributed by atoms with Crippen LogP contribution in [0.1, 0.15) is 23.3 Å². The molecule has 0 spiro atoms. The molecular formula is C18H22FNO2S. The van der Waals surface area contributed by atoms with Crippen molar-refractivity contribution in [2.45, 2.75) is 38.1 Å². The van der Waals surface area contributed by atoms with Crippen molar-refractivity contribution in [3.8, 4) is 0 Å². The SMILES string of the molecule is OC(COCc1cccs1)CN(Cc1ccccc1F)C1CC1. The van der Waals surface area contributed by atoms with Crippen LogP contribution in [-0.2, 0) is 17.9 Å². The quantitative estimate of drug-likeness (QED) is 0.762. The van der Waals surface area contributed by atoms with Crippen LogP contribution in [0.3, 0.4) is 0 Å². The van der Waals surface area contributed by atoms with Crippen molar-refractivity contribution in [1.82, 2.24) is 4.90 Å². The summed E-state index contributed by atoms with van der Waals surface area (Å²) < 4.78 is 19.4. The zero-order chi connectivity index (χ0) is 16.1. The van der Waals surface area contributed by atoms with Crippen LogP contribution < -0.4 is 0 Å². The molecule has 1 saturated carbocycles. The Morgan fingerprint density at radius 2 is 2.09 bits per heavy atom. The van der Waals surface area contributed by atoms with Gasteiger partial charge in [0.15, 0.2) is 0 Å². The smallest absolute Gasteiger partial charge is 0.127 e. The molecule has 1 unspecified atom stereocenters. The predicted octanol–water partition coefficient (Wildman–Crippen LogP) is 3.43. The topological polar surface area (TPSA) is 32.7 Å². The lowest BCUT2D eigenvalue weighted by Gasteiger charge is -2.25. The van der Waals surface area contributed by atoms with Crippen LogP contribution in [0.2, 0.25) is 0 Å². The molecule has 1 N–H and O–H groups in total. The van der Waals surface area contributed by atoms with Gasteiger partial charge in [-0.3, -0.25) is 4.90 Å². The van der Waals surface area contributed by atoms with Crippen LogP contribution in [-0.4, -0.2) is 35.3 Å². The van der Waals surface area contributed by atoms with Gasteiger partial charge in [-0.1, -0.05) is 24.3 Å². The predicted molar refractivity (Wildman–Crippen MR) is 89.8 cm³/mol. The fourth-order valence-electron chi connectivity index (χ4n) is 2.64. The maximum absolute atomic E-state index is 13.8. The van der Waals surface area contributed by atoms with Gasteiger partial charge in [0.25, 0.3) is 0 Å². The van der Waals surface area contributed by atoms with E-state index < -0.39 is 6.10 Å². The number of aliphatic hydroxyl groups excluding tert-OH is 1. The van der Waals surface area contributed by atoms with Gasteiger partial charge < -0.3 is 9.84 Å². The first-order chi connectivity index (χ1) is 11.2. The van der Waals surface area contributed by atoms with Crippen LogP contribution in [0.25, 0.3) is 0 Å². The number of thiophene rings is 1. The Bertz CT molecular complexity index is 601. The number of rotatable bonds is 9. The first-order valence-corrected chi connectivity index (χ1v) is 8.86. The summed E-state index contributed by atoms with van der Waals surface area (Å²) in [5, 5.41) is 12.2. The third kappa shape index (κ3) is 5.11. The Kier molecular flexibility index (Phi) is 5.78. The molecule has 0 radical (unpaired) electrons. The molecule has 2 aromatic rings. The Balaban J connectivity index is 1.48. The zero-order valence-electron chi connectivity index (χ0n) is 13.0. The monoisotopic (exact) mass is 335 g/mol. The number of hydrogen-bond acceptors (Lipinski definition) is 4. The van der Waals surface area contributed by atoms with Gasteiger partial charge in [-0.2, -0.15) is 0 Å². The van der Waals surface area contributed by atoms with Crippen molar-refractivity contribution >= 4 is 11.3 Å². The highest BCUT2D eigenvalue weighted by molar-refractivity contribution is 7.09. The van der Waals surface area contributed by atoms with Gasteiger partial charge in [0.1, 0.15) is 5.82 Å². The summed E-state index contributed by atoms with van der Waals surface area (Å²) in [7, 11) is 0. The van der Waals surface area contributed by atoms with E-state index in [2.05, 4.69) is 4.90 Å². The maximum Gasteiger partial charge on any atom is 0.127 e. The lowest BCUT2D eigenvalue weighted by molar-refractivity contribution is 0.00765. The number of benzene rings is 1. The zero-order valence-corrected chi connectivity index (χ0v) is 13.8. The Hall–Kier alpha value is -1.27. The van der Waals surface area contributed by atoms with Gasteiger partial charge in [0, 0.05) is 29.6 Å². The van der Waals surface area contributed by atoms with Crippen LogP contribution in [0.15, 0.2) is 41.8 Å². The van der Waals surface area contributed by atoms with Crippen LogP contribution in [0.5, 0.6) is 0 Å². The minimum absolute atomic E-state index is 0.179. The molecule has 0 aliphatic heterocycles. The number of halogens is 1. The lowest BCUT2D eigenvalue weighted by Crippen LogP contribution is -2.36. The fourth-order valence-corrected chi connectivity index (χ4v) is 3.28. The Labute approximate surface area is 140 Å². The average Bonchev–Trinajstić information content (AvgIpc) is 3.26. The standard InChI is InChI=1S/C18H22FNO2S/c19-18-6-2-1-4-14(18)10-20(15-7-8-15)11-16(21)12-22-13-17-5-3-9-23-17/h1-6,9,15-16,21H,7-8,10-13H2. The van der Waals surface area contributed by atoms with E-state index in [-0.39, 0.29) is 5.82 Å². The molecule has 124 valence electrons. The molecule has 3 nitrogen and oxygen atoms in total. The van der Waals surface area contributed by atoms with Crippen LogP contribution >= 0.6 is 11.3 Å². The van der Waals surface area contributed by atoms with Gasteiger partial charge in [-0.15, -0.1) is 11.3 Å². The van der Waals surface area contributed by atoms with Crippen molar-refractivity contribution in [2.24, 2.45) is 0 Å². The summed E-state index contributed by atoms with van der Waals surface area (Å²) in [6.07, 6.45) is 1.69. The fraction of sp³-hybridized carbons (Fsp3) is 0.444. The molecule has 0 amide bonds. The summed E-state index contributed by atoms with van der Waals surface area (Å²) in [6.45, 7) is 1.90. The third-order valence-electron chi connectivity index (χ3n) is 3.97. The van der Waals surface area contributed by atoms with E-state index in [0.717, 1.165) is 17.7 Å². The summed E-state index contributed by atoms with van der Waals surface area (Å²) in [5.41, 5.74) is 0.686. The largest absolute Gasteiger partial charge is 0.389 e. The Morgan fingerprint density at radius 1 is 1.26 bits per heavy atom. The normalized spacial score (nSPS) is 16.0. The van der Waals surface area contributed by atoms with Crippen molar-refractivity contribution in [1.29, 1.82) is 0 Å². The molecule has 1 aliphatic rings. The molecule has 1 aromatic carbocycles. The molecule has 1 heterocycles. The minimum Gasteiger partial charge on any atom is -0.389 e. The van der Waals surface area contributed by atoms with E-state index >= 15 is 0 Å². The summed E-state index contributed by atoms with van der Waals surface area (Å²) in [5.74, 6) is -0.179. The molecule has 1 aromatic heterocycles. The molecule has 23 heavy (non-hydrogen) atoms. The second kappa shape index (κ2) is 8.02. The molecule has 1 aliphatic carbocycles. The third-order valence-corrected chi connectivity index (χ3v) is 4.82. The van der Waals surface area contributed by atoms with Gasteiger partial charge in [0.05, 0.1) is 19.3 Å². The average molecular weight is 335 g/mol. The highest BCUT2D eigenvalue weighted by Crippen LogP contribution is 2.29. The highest BCUT2D eigenvalue weighted by atomic mass is 32.1. The number of ether oxygens (including phenoxy) is 1. The van der Waals surface area contributed by atoms with Crippen molar-refractivity contribution in [2.75, 3.05) is 13.2 Å². The molecule has 1 atom stereocenters. The van der Waals surface area contributed by atoms with E-state index in [1.165, 1.54) is 6.07 Å². The van der Waals surface area contributed by atoms with Crippen LogP contribution in [0.4, 0.5) is 4.39 Å². The first-order valence-electron chi connectivity index (χ1n) is 7.98. The number of aliphatic hydroxyl groups is 1. The molecule has 0 saturated heterocycles. The van der Waals surface area contributed by atoms with Crippen molar-refractivity contribution in [3.05, 3.63) is 58.0 Å². The maximum atomic E-state index is 13.8.